The first-order valence-corrected chi connectivity index (χ1v) is 14.0. The topological polar surface area (TPSA) is 149 Å². The average molecular weight is 570 g/mol. The van der Waals surface area contributed by atoms with Gasteiger partial charge in [-0.25, -0.2) is 14.2 Å². The van der Waals surface area contributed by atoms with Gasteiger partial charge in [0.1, 0.15) is 17.9 Å². The maximum atomic E-state index is 14.1. The average Bonchev–Trinajstić information content (AvgIpc) is 3.56. The summed E-state index contributed by atoms with van der Waals surface area (Å²) < 4.78 is 37.7. The van der Waals surface area contributed by atoms with Crippen molar-refractivity contribution in [3.63, 3.8) is 0 Å². The molecule has 0 radical (unpaired) electrons. The Kier molecular flexibility index (Phi) is 6.21. The first-order chi connectivity index (χ1) is 19.7. The molecule has 0 spiro atoms. The van der Waals surface area contributed by atoms with Crippen LogP contribution in [0.1, 0.15) is 40.1 Å². The second-order valence-electron chi connectivity index (χ2n) is 9.25. The molecule has 4 heterocycles. The smallest absolute Gasteiger partial charge is 0.300 e. The SMILES string of the molecule is C#Cc1ccc2c3c(c([C@H](C)NC(=O)c4c(NS(=O)(=O)NC)nn5cccnc45)n(-c4ccccc4)c(=O)c13)CO2. The molecule has 3 aromatic heterocycles. The molecule has 1 aliphatic heterocycles. The number of para-hydroxylation sites is 1. The van der Waals surface area contributed by atoms with Gasteiger partial charge in [-0.15, -0.1) is 11.5 Å². The summed E-state index contributed by atoms with van der Waals surface area (Å²) in [5, 5.41) is 8.08. The minimum atomic E-state index is -4.00. The lowest BCUT2D eigenvalue weighted by atomic mass is 9.97. The molecule has 3 N–H and O–H groups in total. The van der Waals surface area contributed by atoms with Gasteiger partial charge in [-0.1, -0.05) is 24.1 Å². The number of amides is 1. The van der Waals surface area contributed by atoms with Gasteiger partial charge in [-0.2, -0.15) is 8.42 Å². The Bertz CT molecular complexity index is 2080. The summed E-state index contributed by atoms with van der Waals surface area (Å²) in [5.41, 5.74) is 1.91. The number of ether oxygens (including phenoxy) is 1. The van der Waals surface area contributed by atoms with Crippen LogP contribution in [0.3, 0.4) is 0 Å². The number of nitrogens with zero attached hydrogens (tertiary/aromatic N) is 4. The maximum Gasteiger partial charge on any atom is 0.300 e. The van der Waals surface area contributed by atoms with E-state index in [1.54, 1.807) is 55.6 Å². The van der Waals surface area contributed by atoms with Crippen molar-refractivity contribution in [1.29, 1.82) is 0 Å². The molecule has 41 heavy (non-hydrogen) atoms. The lowest BCUT2D eigenvalue weighted by Gasteiger charge is -2.23. The van der Waals surface area contributed by atoms with Gasteiger partial charge in [-0.3, -0.25) is 18.9 Å². The van der Waals surface area contributed by atoms with E-state index in [0.717, 1.165) is 0 Å². The van der Waals surface area contributed by atoms with Crippen LogP contribution in [0.25, 0.3) is 22.1 Å². The van der Waals surface area contributed by atoms with E-state index < -0.39 is 22.2 Å². The molecular formula is C28H23N7O5S. The molecule has 13 heteroatoms. The number of terminal acetylenes is 1. The largest absolute Gasteiger partial charge is 0.488 e. The first kappa shape index (κ1) is 26.1. The van der Waals surface area contributed by atoms with E-state index in [0.29, 0.717) is 39.0 Å². The highest BCUT2D eigenvalue weighted by Crippen LogP contribution is 2.39. The summed E-state index contributed by atoms with van der Waals surface area (Å²) in [6, 6.07) is 13.3. The second kappa shape index (κ2) is 9.77. The Hall–Kier alpha value is -5.19. The molecule has 1 atom stereocenters. The van der Waals surface area contributed by atoms with Gasteiger partial charge in [-0.05, 0) is 37.3 Å². The van der Waals surface area contributed by atoms with E-state index in [1.165, 1.54) is 22.3 Å². The van der Waals surface area contributed by atoms with E-state index >= 15 is 0 Å². The summed E-state index contributed by atoms with van der Waals surface area (Å²) in [6.07, 6.45) is 8.77. The number of pyridine rings is 1. The fourth-order valence-corrected chi connectivity index (χ4v) is 5.60. The number of carbonyl (C=O) groups excluding carboxylic acids is 1. The Labute approximate surface area is 234 Å². The summed E-state index contributed by atoms with van der Waals surface area (Å²) >= 11 is 0. The number of nitrogens with one attached hydrogen (secondary N) is 3. The fraction of sp³-hybridized carbons (Fsp3) is 0.143. The number of aromatic nitrogens is 4. The highest BCUT2D eigenvalue weighted by molar-refractivity contribution is 7.90. The van der Waals surface area contributed by atoms with Gasteiger partial charge >= 0.3 is 0 Å². The standard InChI is InChI=1S/C28H23N7O5S/c1-4-17-11-12-20-22-19(15-40-20)24(35(28(37)21(17)22)18-9-6-5-7-10-18)16(2)31-27(36)23-25(33-41(38,39)29-3)32-34-14-8-13-30-26(23)34/h1,5-14,16,29H,15H2,2-3H3,(H,31,36)(H,32,33)/t16-/m0/s1. The number of hydrogen-bond donors (Lipinski definition) is 3. The normalized spacial score (nSPS) is 13.1. The predicted octanol–water partition coefficient (Wildman–Crippen LogP) is 2.27. The van der Waals surface area contributed by atoms with Crippen LogP contribution in [-0.2, 0) is 16.8 Å². The first-order valence-electron chi connectivity index (χ1n) is 12.5. The summed E-state index contributed by atoms with van der Waals surface area (Å²) in [5.74, 6) is 2.26. The van der Waals surface area contributed by atoms with Gasteiger partial charge in [0, 0.05) is 41.6 Å². The van der Waals surface area contributed by atoms with Crippen LogP contribution in [0.5, 0.6) is 5.75 Å². The van der Waals surface area contributed by atoms with Gasteiger partial charge < -0.3 is 10.1 Å². The monoisotopic (exact) mass is 569 g/mol. The molecule has 0 saturated carbocycles. The summed E-state index contributed by atoms with van der Waals surface area (Å²) in [4.78, 5) is 32.1. The van der Waals surface area contributed by atoms with E-state index in [4.69, 9.17) is 11.2 Å². The molecule has 12 nitrogen and oxygen atoms in total. The van der Waals surface area contributed by atoms with Crippen molar-refractivity contribution in [3.05, 3.63) is 93.7 Å². The van der Waals surface area contributed by atoms with Crippen LogP contribution in [-0.4, -0.2) is 40.5 Å². The third-order valence-electron chi connectivity index (χ3n) is 6.86. The molecule has 0 unspecified atom stereocenters. The number of anilines is 1. The third-order valence-corrected chi connectivity index (χ3v) is 7.86. The second-order valence-corrected chi connectivity index (χ2v) is 10.9. The van der Waals surface area contributed by atoms with Crippen LogP contribution in [0.15, 0.2) is 65.7 Å². The zero-order chi connectivity index (χ0) is 28.9. The van der Waals surface area contributed by atoms with Crippen molar-refractivity contribution in [2.75, 3.05) is 11.8 Å². The Morgan fingerprint density at radius 1 is 1.15 bits per heavy atom. The number of rotatable bonds is 7. The minimum absolute atomic E-state index is 0.0892. The van der Waals surface area contributed by atoms with Gasteiger partial charge in [0.15, 0.2) is 11.5 Å². The highest BCUT2D eigenvalue weighted by Gasteiger charge is 2.31. The molecule has 206 valence electrons. The maximum absolute atomic E-state index is 14.1. The van der Waals surface area contributed by atoms with E-state index in [2.05, 4.69) is 30.8 Å². The van der Waals surface area contributed by atoms with Crippen LogP contribution in [0.4, 0.5) is 5.82 Å². The van der Waals surface area contributed by atoms with Crippen molar-refractivity contribution in [2.24, 2.45) is 0 Å². The lowest BCUT2D eigenvalue weighted by molar-refractivity contribution is 0.0940. The van der Waals surface area contributed by atoms with E-state index in [-0.39, 0.29) is 29.2 Å². The zero-order valence-corrected chi connectivity index (χ0v) is 22.7. The van der Waals surface area contributed by atoms with Crippen molar-refractivity contribution >= 4 is 38.4 Å². The predicted molar refractivity (Wildman–Crippen MR) is 152 cm³/mol. The lowest BCUT2D eigenvalue weighted by Crippen LogP contribution is -2.34. The fourth-order valence-electron chi connectivity index (χ4n) is 5.10. The molecule has 1 amide bonds. The third kappa shape index (κ3) is 4.26. The molecule has 0 bridgehead atoms. The molecule has 0 saturated heterocycles. The zero-order valence-electron chi connectivity index (χ0n) is 21.9. The number of benzene rings is 2. The van der Waals surface area contributed by atoms with Crippen molar-refractivity contribution < 1.29 is 17.9 Å². The number of fused-ring (bicyclic) bond motifs is 1. The van der Waals surface area contributed by atoms with Crippen LogP contribution >= 0.6 is 0 Å². The van der Waals surface area contributed by atoms with Crippen molar-refractivity contribution in [3.8, 4) is 23.8 Å². The molecule has 1 aliphatic rings. The highest BCUT2D eigenvalue weighted by atomic mass is 32.2. The quantitative estimate of drug-likeness (QED) is 0.255. The van der Waals surface area contributed by atoms with Crippen molar-refractivity contribution in [2.45, 2.75) is 19.6 Å². The molecule has 6 rings (SSSR count). The van der Waals surface area contributed by atoms with E-state index in [9.17, 15) is 18.0 Å². The van der Waals surface area contributed by atoms with Crippen LogP contribution in [0, 0.1) is 12.3 Å². The van der Waals surface area contributed by atoms with Gasteiger partial charge in [0.2, 0.25) is 0 Å². The van der Waals surface area contributed by atoms with Crippen molar-refractivity contribution in [1.82, 2.24) is 29.2 Å². The summed E-state index contributed by atoms with van der Waals surface area (Å²) in [7, 11) is -2.77. The van der Waals surface area contributed by atoms with E-state index in [1.807, 2.05) is 6.07 Å². The Balaban J connectivity index is 1.53. The Morgan fingerprint density at radius 2 is 1.93 bits per heavy atom. The molecule has 0 fully saturated rings. The number of hydrogen-bond acceptors (Lipinski definition) is 7. The van der Waals surface area contributed by atoms with Gasteiger partial charge in [0.05, 0.1) is 17.1 Å². The molecule has 5 aromatic rings. The molecular weight excluding hydrogens is 546 g/mol. The minimum Gasteiger partial charge on any atom is -0.488 e. The number of carbonyl (C=O) groups is 1. The molecule has 0 aliphatic carbocycles. The van der Waals surface area contributed by atoms with Crippen LogP contribution in [0.2, 0.25) is 0 Å². The summed E-state index contributed by atoms with van der Waals surface area (Å²) in [6.45, 7) is 1.89. The van der Waals surface area contributed by atoms with Crippen LogP contribution < -0.4 is 25.1 Å². The Morgan fingerprint density at radius 3 is 2.66 bits per heavy atom. The molecule has 2 aromatic carbocycles. The van der Waals surface area contributed by atoms with Gasteiger partial charge in [0.25, 0.3) is 21.7 Å².